The standard InChI is InChI=1S/C24H22F2N2/c1-17(24-16-21(10-13-27-24)19-4-8-23(26)9-5-19)28-14-11-20(12-15-28)18-2-6-22(25)7-3-18/h2-11,13,16-17H,12,14-15H2,1H3. The van der Waals surface area contributed by atoms with Crippen LogP contribution in [-0.4, -0.2) is 23.0 Å². The van der Waals surface area contributed by atoms with Gasteiger partial charge in [0.1, 0.15) is 11.6 Å². The van der Waals surface area contributed by atoms with Crippen LogP contribution in [0.25, 0.3) is 16.7 Å². The number of rotatable bonds is 4. The lowest BCUT2D eigenvalue weighted by Crippen LogP contribution is -2.31. The Balaban J connectivity index is 1.49. The van der Waals surface area contributed by atoms with E-state index < -0.39 is 0 Å². The number of nitrogens with zero attached hydrogens (tertiary/aromatic N) is 2. The molecule has 1 aliphatic heterocycles. The average molecular weight is 376 g/mol. The number of aromatic nitrogens is 1. The quantitative estimate of drug-likeness (QED) is 0.565. The van der Waals surface area contributed by atoms with Crippen LogP contribution in [0, 0.1) is 11.6 Å². The van der Waals surface area contributed by atoms with Gasteiger partial charge in [-0.1, -0.05) is 30.3 Å². The lowest BCUT2D eigenvalue weighted by Gasteiger charge is -2.31. The highest BCUT2D eigenvalue weighted by molar-refractivity contribution is 5.66. The largest absolute Gasteiger partial charge is 0.291 e. The van der Waals surface area contributed by atoms with Gasteiger partial charge in [-0.25, -0.2) is 8.78 Å². The second kappa shape index (κ2) is 8.03. The van der Waals surface area contributed by atoms with Gasteiger partial charge in [0.2, 0.25) is 0 Å². The first-order valence-corrected chi connectivity index (χ1v) is 9.51. The van der Waals surface area contributed by atoms with Crippen molar-refractivity contribution >= 4 is 5.57 Å². The van der Waals surface area contributed by atoms with E-state index in [1.54, 1.807) is 12.1 Å². The molecule has 0 saturated heterocycles. The van der Waals surface area contributed by atoms with Crippen molar-refractivity contribution in [1.82, 2.24) is 9.88 Å². The number of benzene rings is 2. The van der Waals surface area contributed by atoms with Crippen LogP contribution < -0.4 is 0 Å². The van der Waals surface area contributed by atoms with Crippen LogP contribution in [0.3, 0.4) is 0 Å². The first kappa shape index (κ1) is 18.5. The molecule has 1 unspecified atom stereocenters. The lowest BCUT2D eigenvalue weighted by atomic mass is 9.98. The molecule has 0 bridgehead atoms. The van der Waals surface area contributed by atoms with Crippen molar-refractivity contribution in [3.63, 3.8) is 0 Å². The van der Waals surface area contributed by atoms with Gasteiger partial charge in [0.25, 0.3) is 0 Å². The highest BCUT2D eigenvalue weighted by atomic mass is 19.1. The molecule has 28 heavy (non-hydrogen) atoms. The van der Waals surface area contributed by atoms with Crippen molar-refractivity contribution in [1.29, 1.82) is 0 Å². The molecule has 2 heterocycles. The topological polar surface area (TPSA) is 16.1 Å². The maximum absolute atomic E-state index is 13.2. The summed E-state index contributed by atoms with van der Waals surface area (Å²) in [7, 11) is 0. The minimum atomic E-state index is -0.233. The Morgan fingerprint density at radius 1 is 0.857 bits per heavy atom. The molecule has 4 rings (SSSR count). The second-order valence-electron chi connectivity index (χ2n) is 7.13. The van der Waals surface area contributed by atoms with E-state index in [0.717, 1.165) is 41.9 Å². The van der Waals surface area contributed by atoms with Gasteiger partial charge in [-0.15, -0.1) is 0 Å². The van der Waals surface area contributed by atoms with E-state index in [4.69, 9.17) is 0 Å². The van der Waals surface area contributed by atoms with Crippen LogP contribution in [0.1, 0.15) is 30.6 Å². The summed E-state index contributed by atoms with van der Waals surface area (Å²) < 4.78 is 26.3. The zero-order chi connectivity index (χ0) is 19.5. The lowest BCUT2D eigenvalue weighted by molar-refractivity contribution is 0.229. The maximum Gasteiger partial charge on any atom is 0.123 e. The minimum absolute atomic E-state index is 0.173. The van der Waals surface area contributed by atoms with Crippen LogP contribution in [0.15, 0.2) is 72.9 Å². The fourth-order valence-electron chi connectivity index (χ4n) is 3.65. The Morgan fingerprint density at radius 3 is 2.11 bits per heavy atom. The fourth-order valence-corrected chi connectivity index (χ4v) is 3.65. The summed E-state index contributed by atoms with van der Waals surface area (Å²) in [5, 5.41) is 0. The van der Waals surface area contributed by atoms with Crippen LogP contribution in [-0.2, 0) is 0 Å². The van der Waals surface area contributed by atoms with Gasteiger partial charge in [-0.05, 0) is 72.0 Å². The summed E-state index contributed by atoms with van der Waals surface area (Å²) in [6.07, 6.45) is 4.96. The summed E-state index contributed by atoms with van der Waals surface area (Å²) in [5.74, 6) is -0.439. The van der Waals surface area contributed by atoms with Gasteiger partial charge in [0, 0.05) is 25.3 Å². The normalized spacial score (nSPS) is 15.9. The number of halogens is 2. The molecule has 0 spiro atoms. The van der Waals surface area contributed by atoms with Gasteiger partial charge in [0.15, 0.2) is 0 Å². The third-order valence-electron chi connectivity index (χ3n) is 5.39. The molecule has 0 N–H and O–H groups in total. The summed E-state index contributed by atoms with van der Waals surface area (Å²) in [6.45, 7) is 3.91. The molecule has 1 atom stereocenters. The Labute approximate surface area is 164 Å². The van der Waals surface area contributed by atoms with Gasteiger partial charge < -0.3 is 0 Å². The summed E-state index contributed by atoms with van der Waals surface area (Å²) in [5.41, 5.74) is 5.37. The van der Waals surface area contributed by atoms with E-state index in [1.807, 2.05) is 24.4 Å². The Hall–Kier alpha value is -2.85. The number of hydrogen-bond acceptors (Lipinski definition) is 2. The van der Waals surface area contributed by atoms with E-state index in [9.17, 15) is 8.78 Å². The Kier molecular flexibility index (Phi) is 5.31. The molecule has 3 aromatic rings. The Bertz CT molecular complexity index is 978. The molecule has 0 saturated carbocycles. The summed E-state index contributed by atoms with van der Waals surface area (Å²) >= 11 is 0. The third kappa shape index (κ3) is 4.02. The molecule has 0 amide bonds. The van der Waals surface area contributed by atoms with Crippen molar-refractivity contribution in [2.75, 3.05) is 13.1 Å². The van der Waals surface area contributed by atoms with Crippen molar-refractivity contribution < 1.29 is 8.78 Å². The molecule has 0 aliphatic carbocycles. The van der Waals surface area contributed by atoms with Crippen LogP contribution in [0.2, 0.25) is 0 Å². The van der Waals surface area contributed by atoms with Gasteiger partial charge in [-0.3, -0.25) is 9.88 Å². The van der Waals surface area contributed by atoms with E-state index in [1.165, 1.54) is 29.8 Å². The monoisotopic (exact) mass is 376 g/mol. The smallest absolute Gasteiger partial charge is 0.123 e. The molecule has 1 aromatic heterocycles. The molecule has 0 radical (unpaired) electrons. The fraction of sp³-hybridized carbons (Fsp3) is 0.208. The Morgan fingerprint density at radius 2 is 1.50 bits per heavy atom. The zero-order valence-corrected chi connectivity index (χ0v) is 15.8. The third-order valence-corrected chi connectivity index (χ3v) is 5.39. The highest BCUT2D eigenvalue weighted by Crippen LogP contribution is 2.29. The predicted molar refractivity (Wildman–Crippen MR) is 109 cm³/mol. The summed E-state index contributed by atoms with van der Waals surface area (Å²) in [6, 6.07) is 17.4. The van der Waals surface area contributed by atoms with Crippen LogP contribution in [0.4, 0.5) is 8.78 Å². The molecule has 0 fully saturated rings. The number of hydrogen-bond donors (Lipinski definition) is 0. The molecular formula is C24H22F2N2. The van der Waals surface area contributed by atoms with Gasteiger partial charge in [0.05, 0.1) is 5.69 Å². The minimum Gasteiger partial charge on any atom is -0.291 e. The number of pyridine rings is 1. The molecule has 2 nitrogen and oxygen atoms in total. The van der Waals surface area contributed by atoms with E-state index in [2.05, 4.69) is 29.0 Å². The van der Waals surface area contributed by atoms with E-state index >= 15 is 0 Å². The van der Waals surface area contributed by atoms with Crippen molar-refractivity contribution in [2.45, 2.75) is 19.4 Å². The highest BCUT2D eigenvalue weighted by Gasteiger charge is 2.20. The van der Waals surface area contributed by atoms with Crippen LogP contribution in [0.5, 0.6) is 0 Å². The first-order chi connectivity index (χ1) is 13.6. The SMILES string of the molecule is CC(c1cc(-c2ccc(F)cc2)ccn1)N1CC=C(c2ccc(F)cc2)CC1. The zero-order valence-electron chi connectivity index (χ0n) is 15.8. The molecule has 4 heteroatoms. The average Bonchev–Trinajstić information content (AvgIpc) is 2.74. The molecule has 2 aromatic carbocycles. The van der Waals surface area contributed by atoms with Gasteiger partial charge in [-0.2, -0.15) is 0 Å². The molecule has 142 valence electrons. The molecule has 1 aliphatic rings. The van der Waals surface area contributed by atoms with E-state index in [0.29, 0.717) is 0 Å². The van der Waals surface area contributed by atoms with Crippen molar-refractivity contribution in [3.8, 4) is 11.1 Å². The predicted octanol–water partition coefficient (Wildman–Crippen LogP) is 5.88. The second-order valence-corrected chi connectivity index (χ2v) is 7.13. The molecular weight excluding hydrogens is 354 g/mol. The van der Waals surface area contributed by atoms with Crippen molar-refractivity contribution in [3.05, 3.63) is 95.8 Å². The van der Waals surface area contributed by atoms with Crippen molar-refractivity contribution in [2.24, 2.45) is 0 Å². The maximum atomic E-state index is 13.2. The first-order valence-electron chi connectivity index (χ1n) is 9.51. The summed E-state index contributed by atoms with van der Waals surface area (Å²) in [4.78, 5) is 6.95. The van der Waals surface area contributed by atoms with Crippen LogP contribution >= 0.6 is 0 Å². The van der Waals surface area contributed by atoms with E-state index in [-0.39, 0.29) is 17.7 Å². The van der Waals surface area contributed by atoms with Gasteiger partial charge >= 0.3 is 0 Å².